The van der Waals surface area contributed by atoms with Crippen LogP contribution >= 0.6 is 0 Å². The zero-order chi connectivity index (χ0) is 13.5. The second-order valence-corrected chi connectivity index (χ2v) is 3.70. The van der Waals surface area contributed by atoms with E-state index in [-0.39, 0.29) is 17.9 Å². The highest BCUT2D eigenvalue weighted by atomic mass is 19.1. The maximum atomic E-state index is 13.7. The number of amides is 1. The van der Waals surface area contributed by atoms with Crippen molar-refractivity contribution >= 4 is 5.91 Å². The predicted molar refractivity (Wildman–Crippen MR) is 64.8 cm³/mol. The maximum Gasteiger partial charge on any atom is 0.261 e. The molecule has 0 spiro atoms. The van der Waals surface area contributed by atoms with Crippen LogP contribution in [0, 0.1) is 17.1 Å². The Morgan fingerprint density at radius 2 is 2.28 bits per heavy atom. The monoisotopic (exact) mass is 250 g/mol. The third-order valence-corrected chi connectivity index (χ3v) is 2.45. The Balaban J connectivity index is 3.12. The molecule has 0 saturated carbocycles. The van der Waals surface area contributed by atoms with E-state index in [0.717, 1.165) is 0 Å². The highest BCUT2D eigenvalue weighted by Crippen LogP contribution is 2.22. The molecule has 0 aliphatic carbocycles. The van der Waals surface area contributed by atoms with Crippen LogP contribution in [0.3, 0.4) is 0 Å². The van der Waals surface area contributed by atoms with Gasteiger partial charge in [-0.1, -0.05) is 13.0 Å². The molecule has 0 radical (unpaired) electrons. The minimum atomic E-state index is -0.640. The molecule has 0 aliphatic rings. The van der Waals surface area contributed by atoms with Crippen molar-refractivity contribution < 1.29 is 13.9 Å². The van der Waals surface area contributed by atoms with Gasteiger partial charge in [0.25, 0.3) is 5.91 Å². The molecule has 1 aromatic rings. The summed E-state index contributed by atoms with van der Waals surface area (Å²) in [5.74, 6) is -0.981. The van der Waals surface area contributed by atoms with Gasteiger partial charge in [-0.25, -0.2) is 4.39 Å². The van der Waals surface area contributed by atoms with Crippen LogP contribution in [-0.2, 0) is 0 Å². The third-order valence-electron chi connectivity index (χ3n) is 2.45. The average molecular weight is 250 g/mol. The molecule has 0 atom stereocenters. The second-order valence-electron chi connectivity index (χ2n) is 3.70. The van der Waals surface area contributed by atoms with Crippen LogP contribution in [0.5, 0.6) is 5.75 Å². The summed E-state index contributed by atoms with van der Waals surface area (Å²) in [5, 5.41) is 8.69. The molecule has 0 aromatic heterocycles. The minimum Gasteiger partial charge on any atom is -0.496 e. The van der Waals surface area contributed by atoms with E-state index in [2.05, 4.69) is 0 Å². The van der Waals surface area contributed by atoms with E-state index in [1.807, 2.05) is 13.0 Å². The van der Waals surface area contributed by atoms with E-state index in [1.54, 1.807) is 0 Å². The van der Waals surface area contributed by atoms with Gasteiger partial charge in [-0.2, -0.15) is 5.26 Å². The van der Waals surface area contributed by atoms with Crippen LogP contribution in [0.15, 0.2) is 18.2 Å². The van der Waals surface area contributed by atoms with Gasteiger partial charge in [0.1, 0.15) is 23.7 Å². The minimum absolute atomic E-state index is 0.0653. The first-order valence-electron chi connectivity index (χ1n) is 5.64. The number of nitrogens with zero attached hydrogens (tertiary/aromatic N) is 2. The van der Waals surface area contributed by atoms with E-state index in [1.165, 1.54) is 30.2 Å². The van der Waals surface area contributed by atoms with Gasteiger partial charge >= 0.3 is 0 Å². The molecule has 96 valence electrons. The van der Waals surface area contributed by atoms with Crippen LogP contribution in [0.25, 0.3) is 0 Å². The lowest BCUT2D eigenvalue weighted by atomic mass is 10.1. The van der Waals surface area contributed by atoms with E-state index in [0.29, 0.717) is 13.0 Å². The van der Waals surface area contributed by atoms with Crippen LogP contribution in [0.2, 0.25) is 0 Å². The summed E-state index contributed by atoms with van der Waals surface area (Å²) >= 11 is 0. The summed E-state index contributed by atoms with van der Waals surface area (Å²) in [6, 6.07) is 6.09. The number of nitriles is 1. The summed E-state index contributed by atoms with van der Waals surface area (Å²) in [6.45, 7) is 2.23. The molecule has 1 amide bonds. The predicted octanol–water partition coefficient (Wildman–Crippen LogP) is 2.21. The molecule has 18 heavy (non-hydrogen) atoms. The number of ether oxygens (including phenoxy) is 1. The lowest BCUT2D eigenvalue weighted by Crippen LogP contribution is -2.33. The Bertz CT molecular complexity index is 469. The molecule has 5 heteroatoms. The Morgan fingerprint density at radius 1 is 1.56 bits per heavy atom. The van der Waals surface area contributed by atoms with Crippen LogP contribution in [-0.4, -0.2) is 31.0 Å². The van der Waals surface area contributed by atoms with E-state index < -0.39 is 11.7 Å². The van der Waals surface area contributed by atoms with Crippen LogP contribution in [0.4, 0.5) is 4.39 Å². The highest BCUT2D eigenvalue weighted by Gasteiger charge is 2.22. The van der Waals surface area contributed by atoms with Crippen molar-refractivity contribution in [2.45, 2.75) is 13.3 Å². The number of carbonyl (C=O) groups is 1. The number of rotatable bonds is 5. The summed E-state index contributed by atoms with van der Waals surface area (Å²) < 4.78 is 18.7. The lowest BCUT2D eigenvalue weighted by molar-refractivity contribution is 0.0768. The van der Waals surface area contributed by atoms with Crippen LogP contribution in [0.1, 0.15) is 23.7 Å². The molecule has 0 heterocycles. The van der Waals surface area contributed by atoms with Gasteiger partial charge in [0.15, 0.2) is 0 Å². The quantitative estimate of drug-likeness (QED) is 0.753. The molecule has 1 rings (SSSR count). The molecular weight excluding hydrogens is 235 g/mol. The smallest absolute Gasteiger partial charge is 0.261 e. The summed E-state index contributed by atoms with van der Waals surface area (Å²) in [5.41, 5.74) is -0.122. The van der Waals surface area contributed by atoms with Gasteiger partial charge in [-0.3, -0.25) is 4.79 Å². The SMILES string of the molecule is CCCN(CC#N)C(=O)c1c(F)cccc1OC. The number of benzene rings is 1. The van der Waals surface area contributed by atoms with Crippen molar-refractivity contribution in [3.8, 4) is 11.8 Å². The Hall–Kier alpha value is -2.09. The van der Waals surface area contributed by atoms with E-state index >= 15 is 0 Å². The highest BCUT2D eigenvalue weighted by molar-refractivity contribution is 5.97. The Morgan fingerprint density at radius 3 is 2.83 bits per heavy atom. The van der Waals surface area contributed by atoms with Gasteiger partial charge in [0.2, 0.25) is 0 Å². The van der Waals surface area contributed by atoms with Gasteiger partial charge in [0, 0.05) is 6.54 Å². The van der Waals surface area contributed by atoms with E-state index in [9.17, 15) is 9.18 Å². The van der Waals surface area contributed by atoms with E-state index in [4.69, 9.17) is 10.00 Å². The third kappa shape index (κ3) is 2.98. The lowest BCUT2D eigenvalue weighted by Gasteiger charge is -2.20. The fraction of sp³-hybridized carbons (Fsp3) is 0.385. The molecule has 0 saturated heterocycles. The summed E-state index contributed by atoms with van der Waals surface area (Å²) in [7, 11) is 1.38. The Labute approximate surface area is 106 Å². The van der Waals surface area contributed by atoms with Crippen molar-refractivity contribution in [2.24, 2.45) is 0 Å². The largest absolute Gasteiger partial charge is 0.496 e. The van der Waals surface area contributed by atoms with Crippen LogP contribution < -0.4 is 4.74 Å². The number of hydrogen-bond donors (Lipinski definition) is 0. The van der Waals surface area contributed by atoms with Gasteiger partial charge in [0.05, 0.1) is 13.2 Å². The number of halogens is 1. The average Bonchev–Trinajstić information content (AvgIpc) is 2.37. The fourth-order valence-electron chi connectivity index (χ4n) is 1.65. The first-order chi connectivity index (χ1) is 8.65. The molecule has 1 aromatic carbocycles. The van der Waals surface area contributed by atoms with Crippen molar-refractivity contribution in [2.75, 3.05) is 20.2 Å². The van der Waals surface area contributed by atoms with Gasteiger partial charge in [-0.15, -0.1) is 0 Å². The molecule has 0 bridgehead atoms. The van der Waals surface area contributed by atoms with Crippen molar-refractivity contribution in [1.82, 2.24) is 4.90 Å². The van der Waals surface area contributed by atoms with Gasteiger partial charge < -0.3 is 9.64 Å². The summed E-state index contributed by atoms with van der Waals surface area (Å²) in [4.78, 5) is 13.5. The van der Waals surface area contributed by atoms with Crippen molar-refractivity contribution in [3.63, 3.8) is 0 Å². The zero-order valence-corrected chi connectivity index (χ0v) is 10.4. The maximum absolute atomic E-state index is 13.7. The van der Waals surface area contributed by atoms with Gasteiger partial charge in [-0.05, 0) is 18.6 Å². The molecule has 0 fully saturated rings. The van der Waals surface area contributed by atoms with Crippen molar-refractivity contribution in [3.05, 3.63) is 29.6 Å². The number of carbonyl (C=O) groups excluding carboxylic acids is 1. The topological polar surface area (TPSA) is 53.3 Å². The molecule has 4 nitrogen and oxygen atoms in total. The molecule has 0 unspecified atom stereocenters. The Kier molecular flexibility index (Phi) is 5.12. The second kappa shape index (κ2) is 6.60. The molecular formula is C13H15FN2O2. The standard InChI is InChI=1S/C13H15FN2O2/c1-3-8-16(9-7-15)13(17)12-10(14)5-4-6-11(12)18-2/h4-6H,3,8-9H2,1-2H3. The molecule has 0 N–H and O–H groups in total. The number of methoxy groups -OCH3 is 1. The molecule has 0 aliphatic heterocycles. The fourth-order valence-corrected chi connectivity index (χ4v) is 1.65. The number of hydrogen-bond acceptors (Lipinski definition) is 3. The first kappa shape index (κ1) is 14.0. The zero-order valence-electron chi connectivity index (χ0n) is 10.4. The van der Waals surface area contributed by atoms with Crippen molar-refractivity contribution in [1.29, 1.82) is 5.26 Å². The first-order valence-corrected chi connectivity index (χ1v) is 5.64. The normalized spacial score (nSPS) is 9.67. The summed E-state index contributed by atoms with van der Waals surface area (Å²) in [6.07, 6.45) is 0.699.